The van der Waals surface area contributed by atoms with Gasteiger partial charge in [0.05, 0.1) is 12.8 Å². The highest BCUT2D eigenvalue weighted by Crippen LogP contribution is 2.23. The number of benzene rings is 2. The SMILES string of the molecule is COc1ccc(C(=O)C=Cc2cccnc2Nc2ccc(F)cc2)cc1N. The molecule has 0 saturated carbocycles. The summed E-state index contributed by atoms with van der Waals surface area (Å²) >= 11 is 0. The molecule has 0 atom stereocenters. The number of anilines is 3. The topological polar surface area (TPSA) is 77.2 Å². The van der Waals surface area contributed by atoms with E-state index in [0.717, 1.165) is 5.56 Å². The quantitative estimate of drug-likeness (QED) is 0.384. The molecule has 0 radical (unpaired) electrons. The molecule has 0 fully saturated rings. The van der Waals surface area contributed by atoms with Crippen LogP contribution >= 0.6 is 0 Å². The lowest BCUT2D eigenvalue weighted by Gasteiger charge is -2.08. The summed E-state index contributed by atoms with van der Waals surface area (Å²) in [6.07, 6.45) is 4.75. The average molecular weight is 363 g/mol. The maximum Gasteiger partial charge on any atom is 0.185 e. The average Bonchev–Trinajstić information content (AvgIpc) is 2.68. The van der Waals surface area contributed by atoms with Crippen LogP contribution in [0.1, 0.15) is 15.9 Å². The first-order chi connectivity index (χ1) is 13.1. The molecule has 136 valence electrons. The molecule has 0 amide bonds. The molecular formula is C21H18FN3O2. The Hall–Kier alpha value is -3.67. The number of aromatic nitrogens is 1. The minimum Gasteiger partial charge on any atom is -0.495 e. The molecule has 0 unspecified atom stereocenters. The van der Waals surface area contributed by atoms with Crippen molar-refractivity contribution in [2.75, 3.05) is 18.2 Å². The lowest BCUT2D eigenvalue weighted by atomic mass is 10.1. The molecule has 3 N–H and O–H groups in total. The molecule has 0 bridgehead atoms. The second-order valence-electron chi connectivity index (χ2n) is 5.73. The van der Waals surface area contributed by atoms with Crippen molar-refractivity contribution in [1.82, 2.24) is 4.98 Å². The molecule has 0 aliphatic carbocycles. The zero-order valence-electron chi connectivity index (χ0n) is 14.6. The summed E-state index contributed by atoms with van der Waals surface area (Å²) in [6, 6.07) is 14.4. The van der Waals surface area contributed by atoms with E-state index >= 15 is 0 Å². The van der Waals surface area contributed by atoms with Crippen molar-refractivity contribution in [1.29, 1.82) is 0 Å². The van der Waals surface area contributed by atoms with E-state index in [0.29, 0.717) is 28.5 Å². The summed E-state index contributed by atoms with van der Waals surface area (Å²) in [7, 11) is 1.52. The van der Waals surface area contributed by atoms with Gasteiger partial charge in [0.2, 0.25) is 0 Å². The maximum absolute atomic E-state index is 13.0. The molecule has 0 aliphatic heterocycles. The Labute approximate surface area is 156 Å². The summed E-state index contributed by atoms with van der Waals surface area (Å²) in [4.78, 5) is 16.7. The van der Waals surface area contributed by atoms with Crippen molar-refractivity contribution in [3.05, 3.63) is 83.8 Å². The van der Waals surface area contributed by atoms with Crippen molar-refractivity contribution >= 4 is 29.1 Å². The van der Waals surface area contributed by atoms with Crippen LogP contribution in [0.3, 0.4) is 0 Å². The second kappa shape index (κ2) is 8.14. The minimum atomic E-state index is -0.314. The van der Waals surface area contributed by atoms with Gasteiger partial charge in [0, 0.05) is 23.0 Å². The molecule has 5 nitrogen and oxygen atoms in total. The standard InChI is InChI=1S/C21H18FN3O2/c1-27-20-11-5-15(13-18(20)23)19(26)10-4-14-3-2-12-24-21(14)25-17-8-6-16(22)7-9-17/h2-13H,23H2,1H3,(H,24,25). The third-order valence-electron chi connectivity index (χ3n) is 3.87. The number of methoxy groups -OCH3 is 1. The number of hydrogen-bond acceptors (Lipinski definition) is 5. The fourth-order valence-corrected chi connectivity index (χ4v) is 2.48. The molecule has 3 rings (SSSR count). The summed E-state index contributed by atoms with van der Waals surface area (Å²) < 4.78 is 18.1. The second-order valence-corrected chi connectivity index (χ2v) is 5.73. The van der Waals surface area contributed by atoms with Crippen molar-refractivity contribution in [3.8, 4) is 5.75 Å². The van der Waals surface area contributed by atoms with Crippen molar-refractivity contribution in [3.63, 3.8) is 0 Å². The lowest BCUT2D eigenvalue weighted by Crippen LogP contribution is -1.99. The van der Waals surface area contributed by atoms with Crippen LogP contribution in [0, 0.1) is 5.82 Å². The van der Waals surface area contributed by atoms with Crippen LogP contribution in [0.25, 0.3) is 6.08 Å². The number of pyridine rings is 1. The Bertz CT molecular complexity index is 985. The van der Waals surface area contributed by atoms with Crippen LogP contribution in [0.2, 0.25) is 0 Å². The van der Waals surface area contributed by atoms with E-state index in [1.54, 1.807) is 48.7 Å². The molecule has 1 heterocycles. The first kappa shape index (κ1) is 18.1. The monoisotopic (exact) mass is 363 g/mol. The zero-order chi connectivity index (χ0) is 19.2. The third kappa shape index (κ3) is 4.49. The van der Waals surface area contributed by atoms with Gasteiger partial charge < -0.3 is 15.8 Å². The number of nitrogen functional groups attached to an aromatic ring is 1. The van der Waals surface area contributed by atoms with Gasteiger partial charge in [-0.1, -0.05) is 0 Å². The number of rotatable bonds is 6. The molecule has 27 heavy (non-hydrogen) atoms. The molecule has 0 aliphatic rings. The van der Waals surface area contributed by atoms with Crippen LogP contribution in [0.15, 0.2) is 66.9 Å². The van der Waals surface area contributed by atoms with Crippen LogP contribution in [-0.2, 0) is 0 Å². The highest BCUT2D eigenvalue weighted by atomic mass is 19.1. The molecule has 1 aromatic heterocycles. The van der Waals surface area contributed by atoms with Gasteiger partial charge >= 0.3 is 0 Å². The zero-order valence-corrected chi connectivity index (χ0v) is 14.6. The summed E-state index contributed by atoms with van der Waals surface area (Å²) in [5, 5.41) is 3.11. The predicted molar refractivity (Wildman–Crippen MR) is 105 cm³/mol. The van der Waals surface area contributed by atoms with Gasteiger partial charge in [0.1, 0.15) is 17.4 Å². The van der Waals surface area contributed by atoms with Crippen molar-refractivity contribution in [2.24, 2.45) is 0 Å². The van der Waals surface area contributed by atoms with Gasteiger partial charge in [-0.25, -0.2) is 9.37 Å². The van der Waals surface area contributed by atoms with Crippen LogP contribution in [-0.4, -0.2) is 17.9 Å². The summed E-state index contributed by atoms with van der Waals surface area (Å²) in [5.41, 5.74) is 8.12. The predicted octanol–water partition coefficient (Wildman–Crippen LogP) is 4.45. The molecular weight excluding hydrogens is 345 g/mol. The van der Waals surface area contributed by atoms with Gasteiger partial charge in [-0.05, 0) is 66.7 Å². The Balaban J connectivity index is 1.79. The van der Waals surface area contributed by atoms with Gasteiger partial charge in [-0.2, -0.15) is 0 Å². The third-order valence-corrected chi connectivity index (χ3v) is 3.87. The number of hydrogen-bond donors (Lipinski definition) is 2. The molecule has 0 saturated heterocycles. The number of ether oxygens (including phenoxy) is 1. The van der Waals surface area contributed by atoms with E-state index in [9.17, 15) is 9.18 Å². The summed E-state index contributed by atoms with van der Waals surface area (Å²) in [6.45, 7) is 0. The number of nitrogens with two attached hydrogens (primary N) is 1. The smallest absolute Gasteiger partial charge is 0.185 e. The number of ketones is 1. The van der Waals surface area contributed by atoms with E-state index < -0.39 is 0 Å². The van der Waals surface area contributed by atoms with Crippen LogP contribution < -0.4 is 15.8 Å². The maximum atomic E-state index is 13.0. The van der Waals surface area contributed by atoms with Gasteiger partial charge in [-0.3, -0.25) is 4.79 Å². The summed E-state index contributed by atoms with van der Waals surface area (Å²) in [5.74, 6) is 0.572. The number of nitrogens with zero attached hydrogens (tertiary/aromatic N) is 1. The van der Waals surface area contributed by atoms with Crippen LogP contribution in [0.4, 0.5) is 21.6 Å². The van der Waals surface area contributed by atoms with Gasteiger partial charge in [-0.15, -0.1) is 0 Å². The van der Waals surface area contributed by atoms with Gasteiger partial charge in [0.25, 0.3) is 0 Å². The first-order valence-corrected chi connectivity index (χ1v) is 8.20. The molecule has 3 aromatic rings. The number of nitrogens with one attached hydrogen (secondary N) is 1. The van der Waals surface area contributed by atoms with Crippen molar-refractivity contribution < 1.29 is 13.9 Å². The largest absolute Gasteiger partial charge is 0.495 e. The highest BCUT2D eigenvalue weighted by molar-refractivity contribution is 6.07. The van der Waals surface area contributed by atoms with E-state index in [2.05, 4.69) is 10.3 Å². The van der Waals surface area contributed by atoms with Gasteiger partial charge in [0.15, 0.2) is 5.78 Å². The Morgan fingerprint density at radius 1 is 1.19 bits per heavy atom. The first-order valence-electron chi connectivity index (χ1n) is 8.20. The Kier molecular flexibility index (Phi) is 5.47. The van der Waals surface area contributed by atoms with E-state index in [1.165, 1.54) is 25.3 Å². The van der Waals surface area contributed by atoms with Crippen LogP contribution in [0.5, 0.6) is 5.75 Å². The van der Waals surface area contributed by atoms with E-state index in [1.807, 2.05) is 6.07 Å². The molecule has 2 aromatic carbocycles. The van der Waals surface area contributed by atoms with E-state index in [-0.39, 0.29) is 11.6 Å². The fraction of sp³-hybridized carbons (Fsp3) is 0.0476. The lowest BCUT2D eigenvalue weighted by molar-refractivity contribution is 0.104. The molecule has 0 spiro atoms. The normalized spacial score (nSPS) is 10.7. The highest BCUT2D eigenvalue weighted by Gasteiger charge is 2.07. The number of allylic oxidation sites excluding steroid dienone is 1. The van der Waals surface area contributed by atoms with Crippen molar-refractivity contribution in [2.45, 2.75) is 0 Å². The Morgan fingerprint density at radius 3 is 2.67 bits per heavy atom. The number of halogens is 1. The number of carbonyl (C=O) groups is 1. The van der Waals surface area contributed by atoms with E-state index in [4.69, 9.17) is 10.5 Å². The number of carbonyl (C=O) groups excluding carboxylic acids is 1. The molecule has 6 heteroatoms. The fourth-order valence-electron chi connectivity index (χ4n) is 2.48. The minimum absolute atomic E-state index is 0.194. The Morgan fingerprint density at radius 2 is 1.96 bits per heavy atom.